The molecule has 0 bridgehead atoms. The Morgan fingerprint density at radius 3 is 2.27 bits per heavy atom. The lowest BCUT2D eigenvalue weighted by Gasteiger charge is -2.17. The number of likely N-dealkylation sites (tertiary alicyclic amines) is 1. The molecule has 1 aromatic carbocycles. The lowest BCUT2D eigenvalue weighted by Crippen LogP contribution is -2.36. The average molecular weight is 356 g/mol. The van der Waals surface area contributed by atoms with E-state index in [1.165, 1.54) is 4.90 Å². The molecule has 3 unspecified atom stereocenters. The molecule has 1 fully saturated rings. The second kappa shape index (κ2) is 7.72. The van der Waals surface area contributed by atoms with Crippen LogP contribution in [0, 0.1) is 11.8 Å². The van der Waals surface area contributed by atoms with Crippen molar-refractivity contribution in [2.45, 2.75) is 32.2 Å². The molecule has 1 saturated heterocycles. The predicted octanol–water partition coefficient (Wildman–Crippen LogP) is 2.21. The Kier molecular flexibility index (Phi) is 5.40. The van der Waals surface area contributed by atoms with E-state index in [4.69, 9.17) is 4.74 Å². The molecule has 6 heteroatoms. The van der Waals surface area contributed by atoms with Gasteiger partial charge >= 0.3 is 0 Å². The largest absolute Gasteiger partial charge is 0.497 e. The highest BCUT2D eigenvalue weighted by molar-refractivity contribution is 6.05. The number of fused-ring (bicyclic) bond motifs is 1. The lowest BCUT2D eigenvalue weighted by molar-refractivity contribution is -0.140. The molecule has 1 aliphatic heterocycles. The van der Waals surface area contributed by atoms with Gasteiger partial charge in [0.1, 0.15) is 5.75 Å². The molecule has 3 atom stereocenters. The second-order valence-electron chi connectivity index (χ2n) is 6.80. The van der Waals surface area contributed by atoms with Crippen molar-refractivity contribution >= 4 is 17.7 Å². The fourth-order valence-electron chi connectivity index (χ4n) is 3.59. The number of hydrogen-bond acceptors (Lipinski definition) is 4. The monoisotopic (exact) mass is 356 g/mol. The number of nitrogens with one attached hydrogen (secondary N) is 1. The Morgan fingerprint density at radius 1 is 1.15 bits per heavy atom. The first-order valence-corrected chi connectivity index (χ1v) is 8.94. The van der Waals surface area contributed by atoms with E-state index in [0.29, 0.717) is 12.8 Å². The SMILES string of the molecule is COc1ccc(C(C)NC(=O)CCN2C(=O)C3CC=CCC3C2=O)cc1. The molecule has 2 aliphatic rings. The van der Waals surface area contributed by atoms with Gasteiger partial charge in [-0.15, -0.1) is 0 Å². The molecule has 3 rings (SSSR count). The summed E-state index contributed by atoms with van der Waals surface area (Å²) in [6.07, 6.45) is 5.27. The normalized spacial score (nSPS) is 22.9. The maximum Gasteiger partial charge on any atom is 0.233 e. The van der Waals surface area contributed by atoms with Gasteiger partial charge in [0.2, 0.25) is 17.7 Å². The third-order valence-corrected chi connectivity index (χ3v) is 5.15. The summed E-state index contributed by atoms with van der Waals surface area (Å²) in [4.78, 5) is 38.3. The van der Waals surface area contributed by atoms with Gasteiger partial charge in [0, 0.05) is 13.0 Å². The summed E-state index contributed by atoms with van der Waals surface area (Å²) >= 11 is 0. The number of nitrogens with zero attached hydrogens (tertiary/aromatic N) is 1. The third-order valence-electron chi connectivity index (χ3n) is 5.15. The molecule has 1 aromatic rings. The topological polar surface area (TPSA) is 75.7 Å². The maximum absolute atomic E-state index is 12.4. The minimum Gasteiger partial charge on any atom is -0.497 e. The molecule has 6 nitrogen and oxygen atoms in total. The van der Waals surface area contributed by atoms with E-state index in [9.17, 15) is 14.4 Å². The predicted molar refractivity (Wildman–Crippen MR) is 96.2 cm³/mol. The Bertz CT molecular complexity index is 700. The first kappa shape index (κ1) is 18.2. The Labute approximate surface area is 153 Å². The molecule has 0 saturated carbocycles. The van der Waals surface area contributed by atoms with Crippen LogP contribution < -0.4 is 10.1 Å². The van der Waals surface area contributed by atoms with Gasteiger partial charge in [-0.25, -0.2) is 0 Å². The van der Waals surface area contributed by atoms with Gasteiger partial charge in [0.05, 0.1) is 25.0 Å². The minimum atomic E-state index is -0.242. The van der Waals surface area contributed by atoms with Crippen molar-refractivity contribution in [3.8, 4) is 5.75 Å². The van der Waals surface area contributed by atoms with Crippen LogP contribution in [0.1, 0.15) is 37.8 Å². The van der Waals surface area contributed by atoms with Crippen molar-refractivity contribution in [1.29, 1.82) is 0 Å². The molecular weight excluding hydrogens is 332 g/mol. The Balaban J connectivity index is 1.52. The highest BCUT2D eigenvalue weighted by Gasteiger charge is 2.46. The molecule has 1 aliphatic carbocycles. The van der Waals surface area contributed by atoms with Crippen molar-refractivity contribution in [2.24, 2.45) is 11.8 Å². The van der Waals surface area contributed by atoms with Crippen LogP contribution in [-0.4, -0.2) is 36.3 Å². The number of hydrogen-bond donors (Lipinski definition) is 1. The summed E-state index contributed by atoms with van der Waals surface area (Å²) in [5.74, 6) is -0.181. The van der Waals surface area contributed by atoms with E-state index >= 15 is 0 Å². The average Bonchev–Trinajstić information content (AvgIpc) is 2.91. The lowest BCUT2D eigenvalue weighted by atomic mass is 9.85. The summed E-state index contributed by atoms with van der Waals surface area (Å²) < 4.78 is 5.12. The van der Waals surface area contributed by atoms with E-state index in [1.807, 2.05) is 43.3 Å². The van der Waals surface area contributed by atoms with Crippen LogP contribution in [-0.2, 0) is 14.4 Å². The molecule has 0 spiro atoms. The Morgan fingerprint density at radius 2 is 1.73 bits per heavy atom. The maximum atomic E-state index is 12.4. The summed E-state index contributed by atoms with van der Waals surface area (Å²) in [7, 11) is 1.60. The van der Waals surface area contributed by atoms with Crippen LogP contribution in [0.2, 0.25) is 0 Å². The van der Waals surface area contributed by atoms with Crippen LogP contribution >= 0.6 is 0 Å². The quantitative estimate of drug-likeness (QED) is 0.626. The summed E-state index contributed by atoms with van der Waals surface area (Å²) in [6.45, 7) is 2.04. The third kappa shape index (κ3) is 3.64. The van der Waals surface area contributed by atoms with Crippen molar-refractivity contribution in [1.82, 2.24) is 10.2 Å². The van der Waals surface area contributed by atoms with Gasteiger partial charge in [-0.05, 0) is 37.5 Å². The number of allylic oxidation sites excluding steroid dienone is 2. The van der Waals surface area contributed by atoms with Crippen LogP contribution in [0.4, 0.5) is 0 Å². The van der Waals surface area contributed by atoms with Gasteiger partial charge in [0.25, 0.3) is 0 Å². The van der Waals surface area contributed by atoms with Crippen LogP contribution in [0.5, 0.6) is 5.75 Å². The smallest absolute Gasteiger partial charge is 0.233 e. The van der Waals surface area contributed by atoms with Gasteiger partial charge < -0.3 is 10.1 Å². The molecule has 26 heavy (non-hydrogen) atoms. The highest BCUT2D eigenvalue weighted by Crippen LogP contribution is 2.35. The number of benzene rings is 1. The summed E-state index contributed by atoms with van der Waals surface area (Å²) in [6, 6.07) is 7.32. The van der Waals surface area contributed by atoms with Crippen LogP contribution in [0.15, 0.2) is 36.4 Å². The number of methoxy groups -OCH3 is 1. The molecule has 0 radical (unpaired) electrons. The van der Waals surface area contributed by atoms with Gasteiger partial charge in [-0.2, -0.15) is 0 Å². The first-order valence-electron chi connectivity index (χ1n) is 8.94. The van der Waals surface area contributed by atoms with Crippen molar-refractivity contribution in [3.05, 3.63) is 42.0 Å². The van der Waals surface area contributed by atoms with Crippen LogP contribution in [0.3, 0.4) is 0 Å². The number of carbonyl (C=O) groups is 3. The van der Waals surface area contributed by atoms with E-state index < -0.39 is 0 Å². The van der Waals surface area contributed by atoms with Gasteiger partial charge in [-0.3, -0.25) is 19.3 Å². The standard InChI is InChI=1S/C20H24N2O4/c1-13(14-7-9-15(26-2)10-8-14)21-18(23)11-12-22-19(24)16-5-3-4-6-17(16)20(22)25/h3-4,7-10,13,16-17H,5-6,11-12H2,1-2H3,(H,21,23). The van der Waals surface area contributed by atoms with Crippen molar-refractivity contribution in [2.75, 3.05) is 13.7 Å². The first-order chi connectivity index (χ1) is 12.5. The highest BCUT2D eigenvalue weighted by atomic mass is 16.5. The molecule has 1 N–H and O–H groups in total. The van der Waals surface area contributed by atoms with E-state index in [-0.39, 0.29) is 48.6 Å². The molecular formula is C20H24N2O4. The molecule has 138 valence electrons. The number of imide groups is 1. The van der Waals surface area contributed by atoms with E-state index in [1.54, 1.807) is 7.11 Å². The zero-order chi connectivity index (χ0) is 18.7. The van der Waals surface area contributed by atoms with Crippen molar-refractivity contribution in [3.63, 3.8) is 0 Å². The Hall–Kier alpha value is -2.63. The number of rotatable bonds is 6. The second-order valence-corrected chi connectivity index (χ2v) is 6.80. The summed E-state index contributed by atoms with van der Waals surface area (Å²) in [5.41, 5.74) is 0.963. The van der Waals surface area contributed by atoms with E-state index in [0.717, 1.165) is 11.3 Å². The molecule has 1 heterocycles. The number of carbonyl (C=O) groups excluding carboxylic acids is 3. The van der Waals surface area contributed by atoms with Crippen molar-refractivity contribution < 1.29 is 19.1 Å². The number of ether oxygens (including phenoxy) is 1. The van der Waals surface area contributed by atoms with Gasteiger partial charge in [-0.1, -0.05) is 24.3 Å². The fourth-order valence-corrected chi connectivity index (χ4v) is 3.59. The zero-order valence-electron chi connectivity index (χ0n) is 15.1. The molecule has 0 aromatic heterocycles. The van der Waals surface area contributed by atoms with Gasteiger partial charge in [0.15, 0.2) is 0 Å². The summed E-state index contributed by atoms with van der Waals surface area (Å²) in [5, 5.41) is 2.91. The number of amides is 3. The minimum absolute atomic E-state index is 0.116. The zero-order valence-corrected chi connectivity index (χ0v) is 15.1. The molecule has 3 amide bonds. The fraction of sp³-hybridized carbons (Fsp3) is 0.450. The van der Waals surface area contributed by atoms with Crippen LogP contribution in [0.25, 0.3) is 0 Å². The van der Waals surface area contributed by atoms with E-state index in [2.05, 4.69) is 5.32 Å².